The fourth-order valence-electron chi connectivity index (χ4n) is 4.45. The van der Waals surface area contributed by atoms with Crippen molar-refractivity contribution in [1.29, 1.82) is 0 Å². The van der Waals surface area contributed by atoms with Gasteiger partial charge in [0.1, 0.15) is 6.54 Å². The minimum absolute atomic E-state index is 0.127. The minimum Gasteiger partial charge on any atom is -0.313 e. The van der Waals surface area contributed by atoms with E-state index < -0.39 is 24.2 Å². The van der Waals surface area contributed by atoms with Crippen LogP contribution in [0.5, 0.6) is 0 Å². The lowest BCUT2D eigenvalue weighted by Crippen LogP contribution is -2.23. The van der Waals surface area contributed by atoms with E-state index in [-0.39, 0.29) is 17.4 Å². The average molecular weight is 449 g/mol. The van der Waals surface area contributed by atoms with Gasteiger partial charge in [0.2, 0.25) is 0 Å². The van der Waals surface area contributed by atoms with E-state index in [1.54, 1.807) is 23.1 Å². The van der Waals surface area contributed by atoms with Gasteiger partial charge in [-0.3, -0.25) is 14.5 Å². The number of nitrogens with one attached hydrogen (secondary N) is 2. The number of H-pyrrole nitrogens is 2. The molecule has 1 aromatic carbocycles. The minimum atomic E-state index is -2.48. The molecule has 2 N–H and O–H groups in total. The molecule has 0 radical (unpaired) electrons. The van der Waals surface area contributed by atoms with Gasteiger partial charge in [0.05, 0.1) is 23.0 Å². The van der Waals surface area contributed by atoms with Crippen LogP contribution in [0.4, 0.5) is 8.78 Å². The number of imidazole rings is 1. The Hall–Kier alpha value is -4.15. The Kier molecular flexibility index (Phi) is 4.25. The van der Waals surface area contributed by atoms with Crippen LogP contribution in [0.3, 0.4) is 0 Å². The number of hydrogen-bond donors (Lipinski definition) is 2. The van der Waals surface area contributed by atoms with Gasteiger partial charge in [-0.05, 0) is 36.0 Å². The van der Waals surface area contributed by atoms with Gasteiger partial charge in [-0.25, -0.2) is 23.1 Å². The van der Waals surface area contributed by atoms with Crippen LogP contribution in [-0.2, 0) is 6.54 Å². The molecule has 4 aromatic heterocycles. The predicted molar refractivity (Wildman–Crippen MR) is 116 cm³/mol. The van der Waals surface area contributed by atoms with Crippen molar-refractivity contribution in [1.82, 2.24) is 34.3 Å². The van der Waals surface area contributed by atoms with Crippen molar-refractivity contribution in [3.05, 3.63) is 81.0 Å². The first-order valence-corrected chi connectivity index (χ1v) is 10.4. The zero-order valence-electron chi connectivity index (χ0n) is 17.1. The van der Waals surface area contributed by atoms with Gasteiger partial charge in [-0.15, -0.1) is 0 Å². The summed E-state index contributed by atoms with van der Waals surface area (Å²) >= 11 is 0. The molecule has 1 aliphatic carbocycles. The van der Waals surface area contributed by atoms with Gasteiger partial charge in [-0.1, -0.05) is 12.1 Å². The molecule has 4 heterocycles. The molecule has 166 valence electrons. The smallest absolute Gasteiger partial charge is 0.313 e. The number of nitrogens with zero attached hydrogens (tertiary/aromatic N) is 5. The fourth-order valence-corrected chi connectivity index (χ4v) is 4.45. The number of aromatic amines is 2. The van der Waals surface area contributed by atoms with Crippen molar-refractivity contribution in [2.24, 2.45) is 0 Å². The van der Waals surface area contributed by atoms with E-state index >= 15 is 0 Å². The summed E-state index contributed by atoms with van der Waals surface area (Å²) in [6.07, 6.45) is 4.65. The SMILES string of the molecule is O=c1[nH]cc(-c2cc([C@H]3C[C@@H]3c3ccc4cnn(CC(F)F)c4c3)c3nccn3n2)c(=O)[nH]1. The van der Waals surface area contributed by atoms with E-state index in [0.29, 0.717) is 16.9 Å². The standard InChI is InChI=1S/C22H17F2N7O2/c23-19(24)10-31-18-5-11(1-2-12(18)8-27-31)13-6-14(13)15-7-17(29-30-4-3-25-20(15)30)16-9-26-22(33)28-21(16)32/h1-5,7-9,13-14,19H,6,10H2,(H2,26,28,32,33)/t13-,14+/m1/s1. The van der Waals surface area contributed by atoms with Crippen molar-refractivity contribution in [2.75, 3.05) is 0 Å². The molecule has 0 unspecified atom stereocenters. The van der Waals surface area contributed by atoms with Crippen LogP contribution < -0.4 is 11.2 Å². The summed E-state index contributed by atoms with van der Waals surface area (Å²) in [6.45, 7) is -0.447. The molecular weight excluding hydrogens is 432 g/mol. The number of hydrogen-bond acceptors (Lipinski definition) is 5. The van der Waals surface area contributed by atoms with E-state index in [4.69, 9.17) is 0 Å². The molecule has 1 fully saturated rings. The predicted octanol–water partition coefficient (Wildman–Crippen LogP) is 2.66. The molecule has 1 saturated carbocycles. The summed E-state index contributed by atoms with van der Waals surface area (Å²) in [5.41, 5.74) is 2.90. The van der Waals surface area contributed by atoms with Gasteiger partial charge in [0, 0.05) is 29.5 Å². The molecular formula is C22H17F2N7O2. The third-order valence-corrected chi connectivity index (χ3v) is 6.08. The summed E-state index contributed by atoms with van der Waals surface area (Å²) in [4.78, 5) is 32.8. The summed E-state index contributed by atoms with van der Waals surface area (Å²) in [5, 5.41) is 9.37. The monoisotopic (exact) mass is 449 g/mol. The van der Waals surface area contributed by atoms with Crippen LogP contribution in [0.2, 0.25) is 0 Å². The average Bonchev–Trinajstić information content (AvgIpc) is 3.26. The fraction of sp³-hybridized carbons (Fsp3) is 0.227. The van der Waals surface area contributed by atoms with E-state index in [0.717, 1.165) is 22.9 Å². The molecule has 11 heteroatoms. The number of aromatic nitrogens is 7. The molecule has 0 spiro atoms. The molecule has 2 atom stereocenters. The number of rotatable bonds is 5. The van der Waals surface area contributed by atoms with Crippen molar-refractivity contribution in [2.45, 2.75) is 31.2 Å². The zero-order valence-corrected chi connectivity index (χ0v) is 17.1. The Morgan fingerprint density at radius 3 is 2.88 bits per heavy atom. The Morgan fingerprint density at radius 2 is 2.06 bits per heavy atom. The summed E-state index contributed by atoms with van der Waals surface area (Å²) in [6, 6.07) is 7.65. The zero-order chi connectivity index (χ0) is 22.7. The Bertz CT molecular complexity index is 1630. The molecule has 6 rings (SSSR count). The van der Waals surface area contributed by atoms with E-state index in [1.165, 1.54) is 10.9 Å². The van der Waals surface area contributed by atoms with Crippen LogP contribution in [-0.4, -0.2) is 40.8 Å². The van der Waals surface area contributed by atoms with E-state index in [2.05, 4.69) is 25.1 Å². The Balaban J connectivity index is 1.40. The normalized spacial score (nSPS) is 17.9. The summed E-state index contributed by atoms with van der Waals surface area (Å²) in [7, 11) is 0. The van der Waals surface area contributed by atoms with Crippen molar-refractivity contribution in [3.8, 4) is 11.3 Å². The maximum Gasteiger partial charge on any atom is 0.325 e. The first-order chi connectivity index (χ1) is 16.0. The second kappa shape index (κ2) is 7.19. The Labute approximate surface area is 183 Å². The highest BCUT2D eigenvalue weighted by molar-refractivity contribution is 5.79. The highest BCUT2D eigenvalue weighted by Crippen LogP contribution is 2.55. The highest BCUT2D eigenvalue weighted by atomic mass is 19.3. The molecule has 33 heavy (non-hydrogen) atoms. The molecule has 0 amide bonds. The molecule has 0 bridgehead atoms. The largest absolute Gasteiger partial charge is 0.325 e. The van der Waals surface area contributed by atoms with Gasteiger partial charge >= 0.3 is 5.69 Å². The van der Waals surface area contributed by atoms with Crippen LogP contribution in [0.1, 0.15) is 29.4 Å². The van der Waals surface area contributed by atoms with E-state index in [1.807, 2.05) is 24.3 Å². The topological polar surface area (TPSA) is 114 Å². The molecule has 0 aliphatic heterocycles. The van der Waals surface area contributed by atoms with Crippen LogP contribution in [0, 0.1) is 0 Å². The first kappa shape index (κ1) is 19.5. The lowest BCUT2D eigenvalue weighted by Gasteiger charge is -2.08. The Morgan fingerprint density at radius 1 is 1.18 bits per heavy atom. The number of fused-ring (bicyclic) bond motifs is 2. The summed E-state index contributed by atoms with van der Waals surface area (Å²) in [5.74, 6) is 0.302. The van der Waals surface area contributed by atoms with Crippen LogP contribution in [0.25, 0.3) is 27.8 Å². The van der Waals surface area contributed by atoms with Crippen LogP contribution in [0.15, 0.2) is 58.6 Å². The first-order valence-electron chi connectivity index (χ1n) is 10.4. The maximum absolute atomic E-state index is 12.9. The lowest BCUT2D eigenvalue weighted by atomic mass is 10.0. The second-order valence-electron chi connectivity index (χ2n) is 8.15. The number of benzene rings is 1. The van der Waals surface area contributed by atoms with Gasteiger partial charge in [0.15, 0.2) is 5.65 Å². The van der Waals surface area contributed by atoms with Gasteiger partial charge in [0.25, 0.3) is 12.0 Å². The van der Waals surface area contributed by atoms with Gasteiger partial charge < -0.3 is 4.98 Å². The molecule has 1 aliphatic rings. The van der Waals surface area contributed by atoms with Crippen LogP contribution >= 0.6 is 0 Å². The number of alkyl halides is 2. The summed E-state index contributed by atoms with van der Waals surface area (Å²) < 4.78 is 28.8. The molecule has 9 nitrogen and oxygen atoms in total. The number of halogens is 2. The van der Waals surface area contributed by atoms with E-state index in [9.17, 15) is 18.4 Å². The third-order valence-electron chi connectivity index (χ3n) is 6.08. The lowest BCUT2D eigenvalue weighted by molar-refractivity contribution is 0.123. The third kappa shape index (κ3) is 3.32. The van der Waals surface area contributed by atoms with Crippen molar-refractivity contribution < 1.29 is 8.78 Å². The molecule has 5 aromatic rings. The highest BCUT2D eigenvalue weighted by Gasteiger charge is 2.41. The van der Waals surface area contributed by atoms with Gasteiger partial charge in [-0.2, -0.15) is 10.2 Å². The van der Waals surface area contributed by atoms with Crippen molar-refractivity contribution in [3.63, 3.8) is 0 Å². The van der Waals surface area contributed by atoms with Crippen molar-refractivity contribution >= 4 is 16.6 Å². The molecule has 0 saturated heterocycles. The second-order valence-corrected chi connectivity index (χ2v) is 8.15. The quantitative estimate of drug-likeness (QED) is 0.428. The maximum atomic E-state index is 12.9.